The molecule has 0 unspecified atom stereocenters. The van der Waals surface area contributed by atoms with Crippen LogP contribution in [0, 0.1) is 0 Å². The van der Waals surface area contributed by atoms with Crippen LogP contribution >= 0.6 is 11.3 Å². The lowest BCUT2D eigenvalue weighted by Gasteiger charge is -2.03. The number of furan rings is 2. The number of amides is 1. The van der Waals surface area contributed by atoms with Crippen molar-refractivity contribution in [3.8, 4) is 17.1 Å². The minimum atomic E-state index is -1.18. The topological polar surface area (TPSA) is 102 Å². The Kier molecular flexibility index (Phi) is 4.48. The highest BCUT2D eigenvalue weighted by Crippen LogP contribution is 2.40. The van der Waals surface area contributed by atoms with Crippen LogP contribution in [-0.2, 0) is 0 Å². The molecule has 0 aliphatic rings. The first-order chi connectivity index (χ1) is 15.0. The van der Waals surface area contributed by atoms with Crippen LogP contribution in [0.25, 0.3) is 33.3 Å². The molecule has 154 valence electrons. The molecule has 1 amide bonds. The molecule has 3 heterocycles. The number of hydrogen-bond donors (Lipinski definition) is 2. The third-order valence-electron chi connectivity index (χ3n) is 4.87. The van der Waals surface area contributed by atoms with E-state index in [0.29, 0.717) is 28.2 Å². The summed E-state index contributed by atoms with van der Waals surface area (Å²) in [5.74, 6) is -0.686. The first kappa shape index (κ1) is 19.0. The average molecular weight is 433 g/mol. The van der Waals surface area contributed by atoms with Crippen molar-refractivity contribution in [3.63, 3.8) is 0 Å². The normalized spacial score (nSPS) is 11.1. The largest absolute Gasteiger partial charge is 0.493 e. The number of hydrogen-bond acceptors (Lipinski definition) is 6. The number of aromatic carboxylic acids is 1. The van der Waals surface area contributed by atoms with Crippen LogP contribution in [-0.4, -0.2) is 24.1 Å². The summed E-state index contributed by atoms with van der Waals surface area (Å²) in [5, 5.41) is 15.9. The van der Waals surface area contributed by atoms with Gasteiger partial charge in [0.25, 0.3) is 5.91 Å². The molecule has 0 fully saturated rings. The van der Waals surface area contributed by atoms with E-state index in [1.807, 2.05) is 30.3 Å². The summed E-state index contributed by atoms with van der Waals surface area (Å²) in [6.45, 7) is 0. The zero-order chi connectivity index (χ0) is 21.5. The van der Waals surface area contributed by atoms with Gasteiger partial charge in [-0.2, -0.15) is 0 Å². The Morgan fingerprint density at radius 1 is 1.03 bits per heavy atom. The SMILES string of the molecule is COc1cccc2cc(-c3csc(NC(=O)c4cc5ccccc5o4)c3C(=O)O)oc12. The number of carbonyl (C=O) groups is 2. The van der Waals surface area contributed by atoms with Gasteiger partial charge < -0.3 is 24.0 Å². The summed E-state index contributed by atoms with van der Waals surface area (Å²) in [7, 11) is 1.54. The number of rotatable bonds is 5. The minimum absolute atomic E-state index is 0.0486. The molecule has 0 saturated carbocycles. The van der Waals surface area contributed by atoms with Crippen molar-refractivity contribution < 1.29 is 28.3 Å². The molecule has 8 heteroatoms. The molecule has 2 N–H and O–H groups in total. The molecule has 0 spiro atoms. The van der Waals surface area contributed by atoms with E-state index in [1.54, 1.807) is 29.6 Å². The smallest absolute Gasteiger partial charge is 0.339 e. The van der Waals surface area contributed by atoms with E-state index in [0.717, 1.165) is 22.1 Å². The van der Waals surface area contributed by atoms with Gasteiger partial charge in [0.15, 0.2) is 17.1 Å². The van der Waals surface area contributed by atoms with Crippen LogP contribution in [0.15, 0.2) is 68.8 Å². The fraction of sp³-hybridized carbons (Fsp3) is 0.0435. The molecule has 7 nitrogen and oxygen atoms in total. The number of ether oxygens (including phenoxy) is 1. The predicted molar refractivity (Wildman–Crippen MR) is 117 cm³/mol. The number of carbonyl (C=O) groups excluding carboxylic acids is 1. The zero-order valence-corrected chi connectivity index (χ0v) is 17.0. The maximum atomic E-state index is 12.7. The maximum Gasteiger partial charge on any atom is 0.339 e. The second-order valence-electron chi connectivity index (χ2n) is 6.75. The van der Waals surface area contributed by atoms with E-state index in [4.69, 9.17) is 13.6 Å². The first-order valence-corrected chi connectivity index (χ1v) is 10.1. The molecule has 0 radical (unpaired) electrons. The van der Waals surface area contributed by atoms with E-state index >= 15 is 0 Å². The van der Waals surface area contributed by atoms with Crippen LogP contribution in [0.5, 0.6) is 5.75 Å². The van der Waals surface area contributed by atoms with Gasteiger partial charge >= 0.3 is 5.97 Å². The van der Waals surface area contributed by atoms with E-state index < -0.39 is 11.9 Å². The van der Waals surface area contributed by atoms with Gasteiger partial charge in [-0.25, -0.2) is 4.79 Å². The number of carboxylic acids is 1. The third-order valence-corrected chi connectivity index (χ3v) is 5.77. The lowest BCUT2D eigenvalue weighted by Crippen LogP contribution is -2.12. The fourth-order valence-corrected chi connectivity index (χ4v) is 4.37. The van der Waals surface area contributed by atoms with Crippen molar-refractivity contribution in [1.29, 1.82) is 0 Å². The maximum absolute atomic E-state index is 12.7. The Bertz CT molecular complexity index is 1420. The summed E-state index contributed by atoms with van der Waals surface area (Å²) in [6, 6.07) is 16.0. The van der Waals surface area contributed by atoms with Crippen LogP contribution in [0.1, 0.15) is 20.9 Å². The highest BCUT2D eigenvalue weighted by Gasteiger charge is 2.25. The van der Waals surface area contributed by atoms with E-state index in [1.165, 1.54) is 7.11 Å². The van der Waals surface area contributed by atoms with Gasteiger partial charge in [0.1, 0.15) is 21.9 Å². The molecule has 5 rings (SSSR count). The molecule has 31 heavy (non-hydrogen) atoms. The van der Waals surface area contributed by atoms with E-state index in [-0.39, 0.29) is 16.3 Å². The van der Waals surface area contributed by atoms with Gasteiger partial charge in [-0.3, -0.25) is 4.79 Å². The second kappa shape index (κ2) is 7.33. The number of anilines is 1. The number of nitrogens with one attached hydrogen (secondary N) is 1. The van der Waals surface area contributed by atoms with Crippen molar-refractivity contribution in [1.82, 2.24) is 0 Å². The number of carboxylic acid groups (broad SMARTS) is 1. The van der Waals surface area contributed by atoms with Crippen molar-refractivity contribution >= 4 is 50.2 Å². The Hall–Kier alpha value is -4.04. The summed E-state index contributed by atoms with van der Waals surface area (Å²) < 4.78 is 16.8. The highest BCUT2D eigenvalue weighted by molar-refractivity contribution is 7.15. The summed E-state index contributed by atoms with van der Waals surface area (Å²) in [4.78, 5) is 24.7. The highest BCUT2D eigenvalue weighted by atomic mass is 32.1. The number of benzene rings is 2. The Morgan fingerprint density at radius 2 is 1.84 bits per heavy atom. The lowest BCUT2D eigenvalue weighted by atomic mass is 10.1. The first-order valence-electron chi connectivity index (χ1n) is 9.27. The lowest BCUT2D eigenvalue weighted by molar-refractivity contribution is 0.0699. The van der Waals surface area contributed by atoms with Crippen molar-refractivity contribution in [2.75, 3.05) is 12.4 Å². The van der Waals surface area contributed by atoms with Crippen LogP contribution in [0.4, 0.5) is 5.00 Å². The standard InChI is InChI=1S/C23H15NO6S/c1-28-16-8-4-6-13-10-17(30-20(13)16)14-11-31-22(19(14)23(26)27)24-21(25)18-9-12-5-2-3-7-15(12)29-18/h2-11H,1H3,(H,24,25)(H,26,27). The van der Waals surface area contributed by atoms with Gasteiger partial charge in [0.2, 0.25) is 0 Å². The number of methoxy groups -OCH3 is 1. The Labute approximate surface area is 179 Å². The van der Waals surface area contributed by atoms with E-state index in [2.05, 4.69) is 5.32 Å². The molecule has 2 aromatic carbocycles. The van der Waals surface area contributed by atoms with Gasteiger partial charge in [0.05, 0.1) is 7.11 Å². The Balaban J connectivity index is 1.52. The third kappa shape index (κ3) is 3.23. The monoisotopic (exact) mass is 433 g/mol. The minimum Gasteiger partial charge on any atom is -0.493 e. The van der Waals surface area contributed by atoms with Gasteiger partial charge in [-0.1, -0.05) is 30.3 Å². The molecule has 0 aliphatic heterocycles. The molecular formula is C23H15NO6S. The van der Waals surface area contributed by atoms with Crippen LogP contribution < -0.4 is 10.1 Å². The number of para-hydroxylation sites is 2. The summed E-state index contributed by atoms with van der Waals surface area (Å²) >= 11 is 1.10. The number of thiophene rings is 1. The fourth-order valence-electron chi connectivity index (χ4n) is 3.43. The van der Waals surface area contributed by atoms with Crippen LogP contribution in [0.2, 0.25) is 0 Å². The van der Waals surface area contributed by atoms with Gasteiger partial charge in [0, 0.05) is 21.7 Å². The molecule has 0 bridgehead atoms. The van der Waals surface area contributed by atoms with Crippen molar-refractivity contribution in [3.05, 3.63) is 71.3 Å². The molecule has 0 atom stereocenters. The zero-order valence-electron chi connectivity index (χ0n) is 16.2. The molecule has 5 aromatic rings. The van der Waals surface area contributed by atoms with Gasteiger partial charge in [-0.05, 0) is 24.3 Å². The molecular weight excluding hydrogens is 418 g/mol. The van der Waals surface area contributed by atoms with Crippen molar-refractivity contribution in [2.45, 2.75) is 0 Å². The van der Waals surface area contributed by atoms with Crippen molar-refractivity contribution in [2.24, 2.45) is 0 Å². The van der Waals surface area contributed by atoms with Gasteiger partial charge in [-0.15, -0.1) is 11.3 Å². The van der Waals surface area contributed by atoms with E-state index in [9.17, 15) is 14.7 Å². The second-order valence-corrected chi connectivity index (χ2v) is 7.63. The molecule has 0 saturated heterocycles. The molecule has 3 aromatic heterocycles. The predicted octanol–water partition coefficient (Wildman–Crippen LogP) is 5.87. The number of fused-ring (bicyclic) bond motifs is 2. The van der Waals surface area contributed by atoms with Crippen LogP contribution in [0.3, 0.4) is 0 Å². The average Bonchev–Trinajstić information content (AvgIpc) is 3.48. The quantitative estimate of drug-likeness (QED) is 0.360. The Morgan fingerprint density at radius 3 is 2.61 bits per heavy atom. The summed E-state index contributed by atoms with van der Waals surface area (Å²) in [5.41, 5.74) is 1.42. The molecule has 0 aliphatic carbocycles. The summed E-state index contributed by atoms with van der Waals surface area (Å²) in [6.07, 6.45) is 0.